The van der Waals surface area contributed by atoms with E-state index < -0.39 is 16.4 Å². The lowest BCUT2D eigenvalue weighted by Crippen LogP contribution is -2.24. The lowest BCUT2D eigenvalue weighted by Gasteiger charge is -2.14. The number of ether oxygens (including phenoxy) is 1. The van der Waals surface area contributed by atoms with Gasteiger partial charge in [0, 0.05) is 23.9 Å². The van der Waals surface area contributed by atoms with E-state index in [0.717, 1.165) is 28.3 Å². The van der Waals surface area contributed by atoms with Gasteiger partial charge in [-0.05, 0) is 30.5 Å². The largest absolute Gasteiger partial charge is 0.488 e. The van der Waals surface area contributed by atoms with E-state index in [-0.39, 0.29) is 18.6 Å². The molecule has 5 rings (SSSR count). The molecule has 2 aliphatic rings. The molecule has 3 aromatic rings. The van der Waals surface area contributed by atoms with Crippen molar-refractivity contribution in [2.45, 2.75) is 38.0 Å². The Balaban J connectivity index is 1.31. The zero-order valence-corrected chi connectivity index (χ0v) is 20.3. The molecule has 1 aliphatic heterocycles. The highest BCUT2D eigenvalue weighted by Crippen LogP contribution is 2.37. The Morgan fingerprint density at radius 2 is 1.83 bits per heavy atom. The highest BCUT2D eigenvalue weighted by molar-refractivity contribution is 7.84. The number of aliphatic hydroxyl groups is 1. The van der Waals surface area contributed by atoms with Crippen LogP contribution in [0.5, 0.6) is 5.75 Å². The summed E-state index contributed by atoms with van der Waals surface area (Å²) >= 11 is 0. The number of hydrogen-bond acceptors (Lipinski definition) is 9. The van der Waals surface area contributed by atoms with Gasteiger partial charge in [0.1, 0.15) is 24.4 Å². The third-order valence-electron chi connectivity index (χ3n) is 6.36. The first kappa shape index (κ1) is 24.3. The molecule has 1 saturated carbocycles. The number of fused-ring (bicyclic) bond motifs is 1. The van der Waals surface area contributed by atoms with Gasteiger partial charge in [0.2, 0.25) is 0 Å². The number of hydrogen-bond donors (Lipinski definition) is 3. The van der Waals surface area contributed by atoms with E-state index in [0.29, 0.717) is 37.4 Å². The molecule has 2 heterocycles. The first-order valence-corrected chi connectivity index (χ1v) is 13.1. The normalized spacial score (nSPS) is 21.2. The van der Waals surface area contributed by atoms with Crippen LogP contribution in [-0.4, -0.2) is 48.0 Å². The molecule has 0 unspecified atom stereocenters. The van der Waals surface area contributed by atoms with Crippen molar-refractivity contribution in [2.75, 3.05) is 11.9 Å². The first-order valence-electron chi connectivity index (χ1n) is 11.6. The fraction of sp³-hybridized carbons (Fsp3) is 0.320. The maximum atomic E-state index is 11.1. The molecule has 4 N–H and O–H groups in total. The minimum atomic E-state index is -4.06. The number of para-hydroxylation sites is 1. The summed E-state index contributed by atoms with van der Waals surface area (Å²) in [6.45, 7) is 0.285. The van der Waals surface area contributed by atoms with Crippen LogP contribution in [0.3, 0.4) is 0 Å². The number of aliphatic imine (C=N–C) groups is 1. The highest BCUT2D eigenvalue weighted by Gasteiger charge is 2.35. The second-order valence-electron chi connectivity index (χ2n) is 8.94. The molecule has 3 atom stereocenters. The van der Waals surface area contributed by atoms with E-state index in [2.05, 4.69) is 19.5 Å². The number of benzene rings is 2. The van der Waals surface area contributed by atoms with E-state index in [4.69, 9.17) is 14.9 Å². The Hall–Kier alpha value is -3.38. The number of nitrogens with one attached hydrogen (secondary N) is 1. The van der Waals surface area contributed by atoms with Gasteiger partial charge >= 0.3 is 10.3 Å². The van der Waals surface area contributed by atoms with Gasteiger partial charge in [-0.25, -0.2) is 20.1 Å². The Bertz CT molecular complexity index is 1370. The smallest absolute Gasteiger partial charge is 0.333 e. The van der Waals surface area contributed by atoms with E-state index in [1.807, 2.05) is 54.6 Å². The third-order valence-corrected chi connectivity index (χ3v) is 6.82. The van der Waals surface area contributed by atoms with Gasteiger partial charge in [0.15, 0.2) is 5.82 Å². The monoisotopic (exact) mass is 509 g/mol. The molecule has 10 nitrogen and oxygen atoms in total. The van der Waals surface area contributed by atoms with Gasteiger partial charge in [-0.1, -0.05) is 42.5 Å². The second-order valence-corrected chi connectivity index (χ2v) is 10.2. The van der Waals surface area contributed by atoms with Crippen LogP contribution in [0.2, 0.25) is 0 Å². The molecule has 2 aromatic carbocycles. The van der Waals surface area contributed by atoms with Gasteiger partial charge in [-0.2, -0.15) is 8.42 Å². The molecule has 1 aliphatic carbocycles. The summed E-state index contributed by atoms with van der Waals surface area (Å²) in [4.78, 5) is 13.7. The first-order chi connectivity index (χ1) is 17.4. The van der Waals surface area contributed by atoms with Gasteiger partial charge < -0.3 is 15.2 Å². The van der Waals surface area contributed by atoms with Crippen molar-refractivity contribution in [1.29, 1.82) is 0 Å². The number of aliphatic hydroxyl groups excluding tert-OH is 1. The van der Waals surface area contributed by atoms with Gasteiger partial charge in [0.05, 0.1) is 24.1 Å². The summed E-state index contributed by atoms with van der Waals surface area (Å²) in [7, 11) is -4.06. The topological polar surface area (TPSA) is 149 Å². The summed E-state index contributed by atoms with van der Waals surface area (Å²) in [5, 5.41) is 18.6. The number of rotatable bonds is 9. The molecule has 0 radical (unpaired) electrons. The molecule has 0 saturated heterocycles. The molecular weight excluding hydrogens is 482 g/mol. The molecule has 0 spiro atoms. The standard InChI is InChI=1S/C25H27N5O5S/c26-36(32,33)35-14-17-10-18(11-22(17)31)29-25-24-21(27-15-28-25)12-20(30-24)19-8-4-5-9-23(19)34-13-16-6-2-1-3-7-16/h1-9,15,17-18,22,31H,10-14H2,(H2,26,32,33)(H,27,28,29)/t17-,18+,22-/m0/s1. The highest BCUT2D eigenvalue weighted by atomic mass is 32.2. The van der Waals surface area contributed by atoms with E-state index in [1.54, 1.807) is 0 Å². The zero-order valence-electron chi connectivity index (χ0n) is 19.4. The van der Waals surface area contributed by atoms with Crippen LogP contribution >= 0.6 is 0 Å². The fourth-order valence-electron chi connectivity index (χ4n) is 4.60. The van der Waals surface area contributed by atoms with Gasteiger partial charge in [0.25, 0.3) is 0 Å². The van der Waals surface area contributed by atoms with Gasteiger partial charge in [-0.3, -0.25) is 4.18 Å². The molecule has 11 heteroatoms. The van der Waals surface area contributed by atoms with E-state index in [9.17, 15) is 13.5 Å². The Kier molecular flexibility index (Phi) is 6.97. The van der Waals surface area contributed by atoms with Crippen LogP contribution in [0.1, 0.15) is 29.7 Å². The van der Waals surface area contributed by atoms with Gasteiger partial charge in [-0.15, -0.1) is 0 Å². The van der Waals surface area contributed by atoms with Crippen molar-refractivity contribution in [1.82, 2.24) is 9.97 Å². The minimum absolute atomic E-state index is 0.131. The molecule has 0 bridgehead atoms. The van der Waals surface area contributed by atoms with Crippen LogP contribution in [0, 0.1) is 5.92 Å². The Labute approximate surface area is 209 Å². The summed E-state index contributed by atoms with van der Waals surface area (Å²) in [5.41, 5.74) is 4.27. The average molecular weight is 510 g/mol. The quantitative estimate of drug-likeness (QED) is 0.398. The molecule has 0 amide bonds. The minimum Gasteiger partial charge on any atom is -0.488 e. The van der Waals surface area contributed by atoms with Crippen molar-refractivity contribution < 1.29 is 22.4 Å². The zero-order chi connectivity index (χ0) is 25.1. The molecule has 188 valence electrons. The van der Waals surface area contributed by atoms with Crippen LogP contribution in [0.25, 0.3) is 0 Å². The second kappa shape index (κ2) is 10.3. The fourth-order valence-corrected chi connectivity index (χ4v) is 4.96. The lowest BCUT2D eigenvalue weighted by molar-refractivity contribution is 0.101. The average Bonchev–Trinajstić information content (AvgIpc) is 3.45. The molecular formula is C25H27N5O5S. The Morgan fingerprint density at radius 3 is 2.64 bits per heavy atom. The Morgan fingerprint density at radius 1 is 1.06 bits per heavy atom. The molecule has 1 fully saturated rings. The predicted molar refractivity (Wildman–Crippen MR) is 134 cm³/mol. The summed E-state index contributed by atoms with van der Waals surface area (Å²) < 4.78 is 33.0. The van der Waals surface area contributed by atoms with Crippen LogP contribution < -0.4 is 15.2 Å². The third kappa shape index (κ3) is 5.71. The van der Waals surface area contributed by atoms with Crippen molar-refractivity contribution >= 4 is 27.5 Å². The van der Waals surface area contributed by atoms with Crippen molar-refractivity contribution in [3.05, 3.63) is 77.7 Å². The van der Waals surface area contributed by atoms with Crippen LogP contribution in [0.4, 0.5) is 11.5 Å². The predicted octanol–water partition coefficient (Wildman–Crippen LogP) is 2.50. The van der Waals surface area contributed by atoms with Crippen molar-refractivity contribution in [2.24, 2.45) is 16.0 Å². The number of nitrogens with two attached hydrogens (primary N) is 1. The lowest BCUT2D eigenvalue weighted by atomic mass is 10.1. The summed E-state index contributed by atoms with van der Waals surface area (Å²) in [5.74, 6) is 0.957. The molecule has 36 heavy (non-hydrogen) atoms. The van der Waals surface area contributed by atoms with E-state index >= 15 is 0 Å². The number of nitrogens with zero attached hydrogens (tertiary/aromatic N) is 3. The summed E-state index contributed by atoms with van der Waals surface area (Å²) in [6, 6.07) is 17.6. The number of aromatic nitrogens is 2. The van der Waals surface area contributed by atoms with Crippen molar-refractivity contribution in [3.63, 3.8) is 0 Å². The van der Waals surface area contributed by atoms with E-state index in [1.165, 1.54) is 6.33 Å². The molecule has 1 aromatic heterocycles. The van der Waals surface area contributed by atoms with Crippen LogP contribution in [-0.2, 0) is 27.5 Å². The van der Waals surface area contributed by atoms with Crippen molar-refractivity contribution in [3.8, 4) is 5.75 Å². The number of anilines is 1. The maximum absolute atomic E-state index is 11.1. The van der Waals surface area contributed by atoms with Crippen LogP contribution in [0.15, 0.2) is 65.9 Å². The summed E-state index contributed by atoms with van der Waals surface area (Å²) in [6.07, 6.45) is 2.24. The maximum Gasteiger partial charge on any atom is 0.333 e. The SMILES string of the molecule is NS(=O)(=O)OC[C@@H]1C[C@@H](Nc2ncnc3c2N=C(c2ccccc2OCc2ccccc2)C3)C[C@@H]1O.